The molecule has 2 heterocycles. The minimum absolute atomic E-state index is 0.123. The second-order valence-corrected chi connectivity index (χ2v) is 5.78. The first-order valence-corrected chi connectivity index (χ1v) is 6.28. The molecule has 2 aliphatic rings. The summed E-state index contributed by atoms with van der Waals surface area (Å²) in [5.74, 6) is -1.43. The number of aliphatic hydroxyl groups is 1. The summed E-state index contributed by atoms with van der Waals surface area (Å²) in [6, 6.07) is -0.297. The fourth-order valence-corrected chi connectivity index (χ4v) is 2.43. The van der Waals surface area contributed by atoms with E-state index < -0.39 is 17.7 Å². The molecule has 3 N–H and O–H groups in total. The molecule has 0 aromatic rings. The fourth-order valence-electron chi connectivity index (χ4n) is 2.43. The number of hydrogen-bond donors (Lipinski definition) is 2. The monoisotopic (exact) mass is 261 g/mol. The maximum atomic E-state index is 9.38. The van der Waals surface area contributed by atoms with Gasteiger partial charge in [0.15, 0.2) is 11.6 Å². The third-order valence-electron chi connectivity index (χ3n) is 3.19. The van der Waals surface area contributed by atoms with Gasteiger partial charge in [0.25, 0.3) is 0 Å². The van der Waals surface area contributed by atoms with Crippen LogP contribution in [0.3, 0.4) is 0 Å². The Labute approximate surface area is 107 Å². The average molecular weight is 261 g/mol. The van der Waals surface area contributed by atoms with E-state index in [9.17, 15) is 5.11 Å². The first-order chi connectivity index (χ1) is 8.24. The Morgan fingerprint density at radius 1 is 1.06 bits per heavy atom. The van der Waals surface area contributed by atoms with Crippen LogP contribution in [0.5, 0.6) is 0 Å². The zero-order chi connectivity index (χ0) is 13.6. The van der Waals surface area contributed by atoms with Crippen LogP contribution in [0.4, 0.5) is 0 Å². The van der Waals surface area contributed by atoms with E-state index in [0.29, 0.717) is 6.61 Å². The van der Waals surface area contributed by atoms with Crippen molar-refractivity contribution in [2.75, 3.05) is 13.2 Å². The lowest BCUT2D eigenvalue weighted by molar-refractivity contribution is -0.299. The summed E-state index contributed by atoms with van der Waals surface area (Å²) in [5, 5.41) is 9.38. The van der Waals surface area contributed by atoms with Crippen molar-refractivity contribution < 1.29 is 24.1 Å². The number of aliphatic hydroxyl groups excluding tert-OH is 1. The van der Waals surface area contributed by atoms with Gasteiger partial charge in [-0.15, -0.1) is 0 Å². The van der Waals surface area contributed by atoms with Gasteiger partial charge in [-0.25, -0.2) is 0 Å². The van der Waals surface area contributed by atoms with Gasteiger partial charge in [0.1, 0.15) is 18.3 Å². The molecule has 0 aromatic heterocycles. The second-order valence-electron chi connectivity index (χ2n) is 5.78. The van der Waals surface area contributed by atoms with Gasteiger partial charge in [0.05, 0.1) is 19.3 Å². The number of hydrogen-bond acceptors (Lipinski definition) is 6. The quantitative estimate of drug-likeness (QED) is 0.727. The van der Waals surface area contributed by atoms with Gasteiger partial charge in [-0.1, -0.05) is 0 Å². The van der Waals surface area contributed by atoms with E-state index >= 15 is 0 Å². The summed E-state index contributed by atoms with van der Waals surface area (Å²) in [7, 11) is 0. The van der Waals surface area contributed by atoms with E-state index in [1.807, 2.05) is 27.7 Å². The summed E-state index contributed by atoms with van der Waals surface area (Å²) >= 11 is 0. The highest BCUT2D eigenvalue weighted by molar-refractivity contribution is 4.94. The van der Waals surface area contributed by atoms with Crippen LogP contribution in [0, 0.1) is 0 Å². The molecule has 18 heavy (non-hydrogen) atoms. The van der Waals surface area contributed by atoms with Crippen molar-refractivity contribution in [3.05, 3.63) is 0 Å². The highest BCUT2D eigenvalue weighted by Gasteiger charge is 2.50. The van der Waals surface area contributed by atoms with Gasteiger partial charge in [-0.2, -0.15) is 0 Å². The first-order valence-electron chi connectivity index (χ1n) is 6.28. The van der Waals surface area contributed by atoms with Crippen LogP contribution in [-0.4, -0.2) is 54.2 Å². The smallest absolute Gasteiger partial charge is 0.164 e. The molecule has 2 saturated heterocycles. The van der Waals surface area contributed by atoms with Crippen molar-refractivity contribution in [2.45, 2.75) is 63.6 Å². The van der Waals surface area contributed by atoms with Gasteiger partial charge in [0.2, 0.25) is 0 Å². The van der Waals surface area contributed by atoms with Crippen LogP contribution in [0.1, 0.15) is 27.7 Å². The maximum Gasteiger partial charge on any atom is 0.164 e. The van der Waals surface area contributed by atoms with E-state index in [1.54, 1.807) is 0 Å². The lowest BCUT2D eigenvalue weighted by atomic mass is 10.0. The van der Waals surface area contributed by atoms with Crippen LogP contribution < -0.4 is 5.73 Å². The zero-order valence-electron chi connectivity index (χ0n) is 11.4. The van der Waals surface area contributed by atoms with Crippen molar-refractivity contribution in [3.8, 4) is 0 Å². The molecule has 106 valence electrons. The number of rotatable bonds is 2. The molecule has 2 rings (SSSR count). The first kappa shape index (κ1) is 14.2. The van der Waals surface area contributed by atoms with E-state index in [-0.39, 0.29) is 24.9 Å². The molecule has 0 aromatic carbocycles. The Hall–Kier alpha value is -0.240. The highest BCUT2D eigenvalue weighted by atomic mass is 16.8. The molecule has 6 heteroatoms. The Morgan fingerprint density at radius 3 is 2.28 bits per heavy atom. The molecule has 0 spiro atoms. The lowest BCUT2D eigenvalue weighted by Crippen LogP contribution is -2.59. The molecule has 2 aliphatic heterocycles. The summed E-state index contributed by atoms with van der Waals surface area (Å²) in [5.41, 5.74) is 6.02. The average Bonchev–Trinajstić information content (AvgIpc) is 2.57. The van der Waals surface area contributed by atoms with Crippen LogP contribution in [-0.2, 0) is 18.9 Å². The third kappa shape index (κ3) is 2.84. The summed E-state index contributed by atoms with van der Waals surface area (Å²) in [4.78, 5) is 0. The van der Waals surface area contributed by atoms with Gasteiger partial charge >= 0.3 is 0 Å². The summed E-state index contributed by atoms with van der Waals surface area (Å²) in [6.07, 6.45) is -1.17. The Kier molecular flexibility index (Phi) is 3.70. The Balaban J connectivity index is 2.13. The molecule has 6 nitrogen and oxygen atoms in total. The number of ether oxygens (including phenoxy) is 4. The van der Waals surface area contributed by atoms with Crippen LogP contribution >= 0.6 is 0 Å². The summed E-state index contributed by atoms with van der Waals surface area (Å²) < 4.78 is 22.8. The van der Waals surface area contributed by atoms with Gasteiger partial charge in [-0.3, -0.25) is 0 Å². The zero-order valence-corrected chi connectivity index (χ0v) is 11.4. The topological polar surface area (TPSA) is 83.2 Å². The largest absolute Gasteiger partial charge is 0.394 e. The molecule has 0 amide bonds. The van der Waals surface area contributed by atoms with Crippen molar-refractivity contribution in [2.24, 2.45) is 5.73 Å². The predicted octanol–water partition coefficient (Wildman–Crippen LogP) is -0.0224. The Morgan fingerprint density at radius 2 is 1.67 bits per heavy atom. The molecule has 4 atom stereocenters. The second kappa shape index (κ2) is 4.70. The summed E-state index contributed by atoms with van der Waals surface area (Å²) in [6.45, 7) is 7.57. The maximum absolute atomic E-state index is 9.38. The van der Waals surface area contributed by atoms with Crippen molar-refractivity contribution in [3.63, 3.8) is 0 Å². The van der Waals surface area contributed by atoms with E-state index in [1.165, 1.54) is 0 Å². The molecular formula is C12H23NO5. The molecule has 4 unspecified atom stereocenters. The minimum Gasteiger partial charge on any atom is -0.394 e. The minimum atomic E-state index is -0.733. The Bertz CT molecular complexity index is 305. The molecular weight excluding hydrogens is 238 g/mol. The molecule has 0 aliphatic carbocycles. The lowest BCUT2D eigenvalue weighted by Gasteiger charge is -2.42. The van der Waals surface area contributed by atoms with E-state index in [2.05, 4.69) is 0 Å². The van der Waals surface area contributed by atoms with Gasteiger partial charge < -0.3 is 29.8 Å². The van der Waals surface area contributed by atoms with Crippen molar-refractivity contribution >= 4 is 0 Å². The fraction of sp³-hybridized carbons (Fsp3) is 1.00. The molecule has 0 saturated carbocycles. The normalized spacial score (nSPS) is 43.0. The molecule has 0 bridgehead atoms. The van der Waals surface area contributed by atoms with E-state index in [0.717, 1.165) is 0 Å². The van der Waals surface area contributed by atoms with E-state index in [4.69, 9.17) is 24.7 Å². The number of nitrogens with two attached hydrogens (primary N) is 1. The SMILES string of the molecule is CC1(C)OCC(N)C(C2OC(C)(C)OC2CO)O1. The molecule has 2 fully saturated rings. The van der Waals surface area contributed by atoms with Crippen molar-refractivity contribution in [1.82, 2.24) is 0 Å². The predicted molar refractivity (Wildman–Crippen MR) is 63.8 cm³/mol. The van der Waals surface area contributed by atoms with Crippen LogP contribution in [0.2, 0.25) is 0 Å². The third-order valence-corrected chi connectivity index (χ3v) is 3.19. The van der Waals surface area contributed by atoms with Crippen molar-refractivity contribution in [1.29, 1.82) is 0 Å². The standard InChI is InChI=1S/C12H23NO5/c1-11(2)15-6-7(13)9(17-11)10-8(5-14)16-12(3,4)18-10/h7-10,14H,5-6,13H2,1-4H3. The molecule has 0 radical (unpaired) electrons. The van der Waals surface area contributed by atoms with Gasteiger partial charge in [-0.05, 0) is 27.7 Å². The van der Waals surface area contributed by atoms with Gasteiger partial charge in [0, 0.05) is 0 Å². The highest BCUT2D eigenvalue weighted by Crippen LogP contribution is 2.34. The van der Waals surface area contributed by atoms with Crippen LogP contribution in [0.25, 0.3) is 0 Å². The van der Waals surface area contributed by atoms with Crippen LogP contribution in [0.15, 0.2) is 0 Å².